The molecule has 2 aliphatic heterocycles. The van der Waals surface area contributed by atoms with Crippen LogP contribution in [-0.4, -0.2) is 81.0 Å². The number of carbonyl (C=O) groups excluding carboxylic acids is 2. The van der Waals surface area contributed by atoms with E-state index in [-0.39, 0.29) is 12.8 Å². The first kappa shape index (κ1) is 39.5. The van der Waals surface area contributed by atoms with Gasteiger partial charge in [0.15, 0.2) is 46.7 Å². The number of hydrogen-bond donors (Lipinski definition) is 0. The number of fused-ring (bicyclic) bond motifs is 2. The molecule has 56 heavy (non-hydrogen) atoms. The smallest absolute Gasteiger partial charge is 0.303 e. The summed E-state index contributed by atoms with van der Waals surface area (Å²) >= 11 is 0. The van der Waals surface area contributed by atoms with Crippen molar-refractivity contribution in [2.24, 2.45) is 0 Å². The first-order valence-electron chi connectivity index (χ1n) is 17.7. The number of ether oxygens (including phenoxy) is 12. The van der Waals surface area contributed by atoms with Crippen LogP contribution in [0.3, 0.4) is 0 Å². The molecular weight excluding hydrogens is 728 g/mol. The molecule has 2 unspecified atom stereocenters. The van der Waals surface area contributed by atoms with Gasteiger partial charge in [0.25, 0.3) is 0 Å². The van der Waals surface area contributed by atoms with Crippen molar-refractivity contribution in [1.82, 2.24) is 0 Å². The zero-order valence-electron chi connectivity index (χ0n) is 33.1. The molecule has 0 saturated heterocycles. The minimum atomic E-state index is -0.808. The number of benzene rings is 4. The average molecular weight is 775 g/mol. The maximum Gasteiger partial charge on any atom is 0.303 e. The van der Waals surface area contributed by atoms with E-state index < -0.39 is 36.4 Å². The van der Waals surface area contributed by atoms with E-state index >= 15 is 0 Å². The summed E-state index contributed by atoms with van der Waals surface area (Å²) in [5, 5.41) is 0. The van der Waals surface area contributed by atoms with Crippen LogP contribution in [0.5, 0.6) is 57.5 Å². The molecular formula is C42H46O14. The SMILES string of the molecule is COc1ccc(C2Oc3c(c(-c4c(OC)cc(OC)c5c4OC(c4ccc(OC)c(OC)c4)[C@@H](OC(C)=O)C5)cc(OC)c3OC)C[C@@H]2OC(C)=O)cc1OC. The third kappa shape index (κ3) is 7.30. The highest BCUT2D eigenvalue weighted by Gasteiger charge is 2.42. The Morgan fingerprint density at radius 2 is 0.964 bits per heavy atom. The Bertz CT molecular complexity index is 2110. The molecule has 4 aromatic rings. The molecule has 0 spiro atoms. The van der Waals surface area contributed by atoms with Gasteiger partial charge < -0.3 is 56.8 Å². The summed E-state index contributed by atoms with van der Waals surface area (Å²) < 4.78 is 71.6. The summed E-state index contributed by atoms with van der Waals surface area (Å²) in [5.74, 6) is 3.33. The number of esters is 2. The number of hydrogen-bond acceptors (Lipinski definition) is 14. The molecule has 2 aliphatic rings. The molecule has 0 radical (unpaired) electrons. The average Bonchev–Trinajstić information content (AvgIpc) is 3.21. The Labute approximate surface area is 325 Å². The van der Waals surface area contributed by atoms with Crippen molar-refractivity contribution in [3.05, 3.63) is 70.8 Å². The minimum absolute atomic E-state index is 0.183. The van der Waals surface area contributed by atoms with Crippen LogP contribution in [0.2, 0.25) is 0 Å². The van der Waals surface area contributed by atoms with Crippen LogP contribution in [0.4, 0.5) is 0 Å². The van der Waals surface area contributed by atoms with E-state index in [2.05, 4.69) is 0 Å². The normalized spacial score (nSPS) is 18.1. The molecule has 2 heterocycles. The topological polar surface area (TPSA) is 145 Å². The van der Waals surface area contributed by atoms with Gasteiger partial charge in [-0.2, -0.15) is 0 Å². The van der Waals surface area contributed by atoms with Gasteiger partial charge in [-0.3, -0.25) is 9.59 Å². The quantitative estimate of drug-likeness (QED) is 0.134. The summed E-state index contributed by atoms with van der Waals surface area (Å²) in [7, 11) is 12.3. The van der Waals surface area contributed by atoms with Gasteiger partial charge in [0.05, 0.1) is 62.4 Å². The van der Waals surface area contributed by atoms with Crippen molar-refractivity contribution in [3.63, 3.8) is 0 Å². The molecule has 4 atom stereocenters. The van der Waals surface area contributed by atoms with Crippen LogP contribution in [0.25, 0.3) is 11.1 Å². The Morgan fingerprint density at radius 3 is 1.41 bits per heavy atom. The van der Waals surface area contributed by atoms with Crippen LogP contribution in [0, 0.1) is 0 Å². The van der Waals surface area contributed by atoms with Crippen LogP contribution >= 0.6 is 0 Å². The molecule has 6 rings (SSSR count). The van der Waals surface area contributed by atoms with Gasteiger partial charge >= 0.3 is 11.9 Å². The number of methoxy groups -OCH3 is 8. The summed E-state index contributed by atoms with van der Waals surface area (Å²) in [6.45, 7) is 2.70. The van der Waals surface area contributed by atoms with Gasteiger partial charge in [0.2, 0.25) is 5.75 Å². The van der Waals surface area contributed by atoms with Crippen LogP contribution in [0.15, 0.2) is 48.5 Å². The standard InChI is InChI=1S/C42H46O14/c1-21(43)53-35-18-26-25(17-34(51-9)42(52-10)41(26)56-39(35)24-12-14-29(46-4)32(16-24)49-7)37-33(50-8)20-30(47-5)27-19-36(54-22(2)44)38(55-40(27)37)23-11-13-28(45-3)31(15-23)48-6/h11-17,20,35-36,38-39H,18-19H2,1-10H3/t35-,36-,38?,39?/m0/s1. The van der Waals surface area contributed by atoms with E-state index in [0.29, 0.717) is 90.9 Å². The lowest BCUT2D eigenvalue weighted by Gasteiger charge is -2.37. The molecule has 0 fully saturated rings. The van der Waals surface area contributed by atoms with Gasteiger partial charge in [-0.15, -0.1) is 0 Å². The lowest BCUT2D eigenvalue weighted by atomic mass is 9.85. The van der Waals surface area contributed by atoms with Crippen LogP contribution in [-0.2, 0) is 31.9 Å². The highest BCUT2D eigenvalue weighted by Crippen LogP contribution is 2.57. The fraction of sp³-hybridized carbons (Fsp3) is 0.381. The highest BCUT2D eigenvalue weighted by atomic mass is 16.6. The summed E-state index contributed by atoms with van der Waals surface area (Å²) in [6, 6.07) is 14.3. The van der Waals surface area contributed by atoms with E-state index in [1.165, 1.54) is 42.3 Å². The van der Waals surface area contributed by atoms with Crippen molar-refractivity contribution in [2.75, 3.05) is 56.9 Å². The molecule has 0 amide bonds. The first-order valence-corrected chi connectivity index (χ1v) is 17.7. The second kappa shape index (κ2) is 16.7. The zero-order valence-corrected chi connectivity index (χ0v) is 33.1. The Kier molecular flexibility index (Phi) is 11.8. The third-order valence-corrected chi connectivity index (χ3v) is 9.83. The maximum absolute atomic E-state index is 12.7. The fourth-order valence-electron chi connectivity index (χ4n) is 7.41. The minimum Gasteiger partial charge on any atom is -0.496 e. The molecule has 0 saturated carbocycles. The third-order valence-electron chi connectivity index (χ3n) is 9.83. The summed E-state index contributed by atoms with van der Waals surface area (Å²) in [5.41, 5.74) is 3.71. The molecule has 4 aromatic carbocycles. The Hall–Kier alpha value is -6.18. The lowest BCUT2D eigenvalue weighted by molar-refractivity contribution is -0.153. The summed E-state index contributed by atoms with van der Waals surface area (Å²) in [6.07, 6.45) is -2.75. The lowest BCUT2D eigenvalue weighted by Crippen LogP contribution is -2.35. The molecule has 298 valence electrons. The van der Waals surface area contributed by atoms with Crippen molar-refractivity contribution in [3.8, 4) is 68.6 Å². The van der Waals surface area contributed by atoms with E-state index in [9.17, 15) is 9.59 Å². The first-order chi connectivity index (χ1) is 27.0. The van der Waals surface area contributed by atoms with Crippen LogP contribution < -0.4 is 47.4 Å². The number of rotatable bonds is 13. The van der Waals surface area contributed by atoms with E-state index in [0.717, 1.165) is 0 Å². The summed E-state index contributed by atoms with van der Waals surface area (Å²) in [4.78, 5) is 25.2. The highest BCUT2D eigenvalue weighted by molar-refractivity contribution is 5.87. The zero-order chi connectivity index (χ0) is 40.3. The second-order valence-electron chi connectivity index (χ2n) is 12.9. The fourth-order valence-corrected chi connectivity index (χ4v) is 7.41. The predicted octanol–water partition coefficient (Wildman–Crippen LogP) is 6.64. The van der Waals surface area contributed by atoms with E-state index in [4.69, 9.17) is 56.8 Å². The van der Waals surface area contributed by atoms with Gasteiger partial charge in [-0.1, -0.05) is 12.1 Å². The molecule has 14 heteroatoms. The van der Waals surface area contributed by atoms with Gasteiger partial charge in [-0.05, 0) is 30.3 Å². The maximum atomic E-state index is 12.7. The Balaban J connectivity index is 1.61. The van der Waals surface area contributed by atoms with Gasteiger partial charge in [0.1, 0.15) is 29.5 Å². The number of carbonyl (C=O) groups is 2. The monoisotopic (exact) mass is 774 g/mol. The van der Waals surface area contributed by atoms with Crippen LogP contribution in [0.1, 0.15) is 48.3 Å². The van der Waals surface area contributed by atoms with Crippen molar-refractivity contribution in [1.29, 1.82) is 0 Å². The van der Waals surface area contributed by atoms with Gasteiger partial charge in [0, 0.05) is 60.6 Å². The molecule has 0 bridgehead atoms. The molecule has 0 N–H and O–H groups in total. The molecule has 0 aliphatic carbocycles. The van der Waals surface area contributed by atoms with Crippen molar-refractivity contribution in [2.45, 2.75) is 51.1 Å². The second-order valence-corrected chi connectivity index (χ2v) is 12.9. The van der Waals surface area contributed by atoms with E-state index in [1.807, 2.05) is 12.1 Å². The van der Waals surface area contributed by atoms with Gasteiger partial charge in [-0.25, -0.2) is 0 Å². The van der Waals surface area contributed by atoms with E-state index in [1.54, 1.807) is 64.8 Å². The predicted molar refractivity (Wildman–Crippen MR) is 202 cm³/mol. The van der Waals surface area contributed by atoms with Crippen molar-refractivity contribution >= 4 is 11.9 Å². The molecule has 14 nitrogen and oxygen atoms in total. The molecule has 0 aromatic heterocycles. The van der Waals surface area contributed by atoms with Crippen molar-refractivity contribution < 1.29 is 66.4 Å². The Morgan fingerprint density at radius 1 is 0.500 bits per heavy atom. The largest absolute Gasteiger partial charge is 0.496 e.